The van der Waals surface area contributed by atoms with Gasteiger partial charge in [0.15, 0.2) is 0 Å². The summed E-state index contributed by atoms with van der Waals surface area (Å²) in [5.74, 6) is 0.680. The Bertz CT molecular complexity index is 944. The van der Waals surface area contributed by atoms with Crippen LogP contribution in [0.1, 0.15) is 19.8 Å². The van der Waals surface area contributed by atoms with Gasteiger partial charge in [-0.25, -0.2) is 4.98 Å². The van der Waals surface area contributed by atoms with E-state index in [0.29, 0.717) is 6.61 Å². The Morgan fingerprint density at radius 3 is 2.67 bits per heavy atom. The van der Waals surface area contributed by atoms with Gasteiger partial charge in [0, 0.05) is 24.6 Å². The van der Waals surface area contributed by atoms with Gasteiger partial charge in [0.25, 0.3) is 0 Å². The van der Waals surface area contributed by atoms with Crippen LogP contribution in [0.15, 0.2) is 41.8 Å². The van der Waals surface area contributed by atoms with Crippen molar-refractivity contribution in [3.63, 3.8) is 0 Å². The molecule has 0 saturated carbocycles. The molecule has 1 fully saturated rings. The van der Waals surface area contributed by atoms with Crippen molar-refractivity contribution in [1.82, 2.24) is 4.98 Å². The number of primary amides is 1. The number of ether oxygens (including phenoxy) is 1. The summed E-state index contributed by atoms with van der Waals surface area (Å²) < 4.78 is 6.73. The Hall–Kier alpha value is -2.60. The monoisotopic (exact) mass is 381 g/mol. The Balaban J connectivity index is 1.67. The number of carbonyl (C=O) groups is 1. The first-order chi connectivity index (χ1) is 13.2. The SMILES string of the molecule is CCOc1ccc(-c2cc(N3CCC(C(N)=O)CC3)c3sccc3n2)cc1. The smallest absolute Gasteiger partial charge is 0.220 e. The van der Waals surface area contributed by atoms with Gasteiger partial charge in [0.2, 0.25) is 5.91 Å². The number of nitrogens with two attached hydrogens (primary N) is 1. The first kappa shape index (κ1) is 17.8. The molecule has 6 heteroatoms. The minimum atomic E-state index is -0.180. The number of rotatable bonds is 5. The number of hydrogen-bond acceptors (Lipinski definition) is 5. The third kappa shape index (κ3) is 3.62. The fraction of sp³-hybridized carbons (Fsp3) is 0.333. The largest absolute Gasteiger partial charge is 0.494 e. The highest BCUT2D eigenvalue weighted by Gasteiger charge is 2.25. The second kappa shape index (κ2) is 7.56. The van der Waals surface area contributed by atoms with E-state index in [1.807, 2.05) is 19.1 Å². The molecule has 1 aliphatic heterocycles. The number of hydrogen-bond donors (Lipinski definition) is 1. The van der Waals surface area contributed by atoms with E-state index in [-0.39, 0.29) is 11.8 Å². The highest BCUT2D eigenvalue weighted by molar-refractivity contribution is 7.17. The third-order valence-electron chi connectivity index (χ3n) is 5.09. The van der Waals surface area contributed by atoms with Crippen molar-refractivity contribution in [2.24, 2.45) is 11.7 Å². The van der Waals surface area contributed by atoms with E-state index in [1.54, 1.807) is 11.3 Å². The number of thiophene rings is 1. The molecule has 27 heavy (non-hydrogen) atoms. The second-order valence-corrected chi connectivity index (χ2v) is 7.70. The number of pyridine rings is 1. The molecule has 5 nitrogen and oxygen atoms in total. The molecule has 0 aliphatic carbocycles. The molecule has 0 bridgehead atoms. The van der Waals surface area contributed by atoms with E-state index in [1.165, 1.54) is 10.4 Å². The summed E-state index contributed by atoms with van der Waals surface area (Å²) in [5, 5.41) is 2.08. The highest BCUT2D eigenvalue weighted by Crippen LogP contribution is 2.36. The Morgan fingerprint density at radius 2 is 2.00 bits per heavy atom. The van der Waals surface area contributed by atoms with Crippen molar-refractivity contribution in [3.05, 3.63) is 41.8 Å². The molecular formula is C21H23N3O2S. The van der Waals surface area contributed by atoms with E-state index in [4.69, 9.17) is 15.5 Å². The van der Waals surface area contributed by atoms with Crippen LogP contribution in [0.4, 0.5) is 5.69 Å². The van der Waals surface area contributed by atoms with Crippen LogP contribution >= 0.6 is 11.3 Å². The zero-order valence-electron chi connectivity index (χ0n) is 15.4. The number of nitrogens with zero attached hydrogens (tertiary/aromatic N) is 2. The Labute approximate surface area is 162 Å². The summed E-state index contributed by atoms with van der Waals surface area (Å²) >= 11 is 1.71. The minimum absolute atomic E-state index is 0.00695. The average Bonchev–Trinajstić information content (AvgIpc) is 3.17. The molecule has 0 unspecified atom stereocenters. The Morgan fingerprint density at radius 1 is 1.26 bits per heavy atom. The average molecular weight is 382 g/mol. The summed E-state index contributed by atoms with van der Waals surface area (Å²) in [6.07, 6.45) is 1.62. The maximum atomic E-state index is 11.5. The molecule has 2 aromatic heterocycles. The molecule has 0 radical (unpaired) electrons. The molecule has 3 heterocycles. The van der Waals surface area contributed by atoms with E-state index < -0.39 is 0 Å². The van der Waals surface area contributed by atoms with Crippen molar-refractivity contribution >= 4 is 33.1 Å². The summed E-state index contributed by atoms with van der Waals surface area (Å²) in [4.78, 5) is 18.7. The third-order valence-corrected chi connectivity index (χ3v) is 6.02. The number of anilines is 1. The second-order valence-electron chi connectivity index (χ2n) is 6.78. The molecule has 2 N–H and O–H groups in total. The zero-order chi connectivity index (χ0) is 18.8. The predicted molar refractivity (Wildman–Crippen MR) is 110 cm³/mol. The van der Waals surface area contributed by atoms with Crippen LogP contribution in [0.2, 0.25) is 0 Å². The minimum Gasteiger partial charge on any atom is -0.494 e. The van der Waals surface area contributed by atoms with Gasteiger partial charge >= 0.3 is 0 Å². The highest BCUT2D eigenvalue weighted by atomic mass is 32.1. The van der Waals surface area contributed by atoms with Crippen LogP contribution in [0.3, 0.4) is 0 Å². The van der Waals surface area contributed by atoms with Crippen LogP contribution < -0.4 is 15.4 Å². The van der Waals surface area contributed by atoms with Crippen LogP contribution in [-0.2, 0) is 4.79 Å². The molecular weight excluding hydrogens is 358 g/mol. The number of fused-ring (bicyclic) bond motifs is 1. The standard InChI is InChI=1S/C21H23N3O2S/c1-2-26-16-5-3-14(4-6-16)18-13-19(20-17(23-18)9-12-27-20)24-10-7-15(8-11-24)21(22)25/h3-6,9,12-13,15H,2,7-8,10-11H2,1H3,(H2,22,25). The molecule has 0 atom stereocenters. The van der Waals surface area contributed by atoms with E-state index >= 15 is 0 Å². The normalized spacial score (nSPS) is 15.2. The topological polar surface area (TPSA) is 68.5 Å². The maximum absolute atomic E-state index is 11.5. The van der Waals surface area contributed by atoms with Gasteiger partial charge in [-0.1, -0.05) is 0 Å². The van der Waals surface area contributed by atoms with Gasteiger partial charge < -0.3 is 15.4 Å². The van der Waals surface area contributed by atoms with Gasteiger partial charge in [-0.2, -0.15) is 0 Å². The van der Waals surface area contributed by atoms with Crippen molar-refractivity contribution in [3.8, 4) is 17.0 Å². The summed E-state index contributed by atoms with van der Waals surface area (Å²) in [6.45, 7) is 4.32. The molecule has 140 valence electrons. The zero-order valence-corrected chi connectivity index (χ0v) is 16.2. The fourth-order valence-corrected chi connectivity index (χ4v) is 4.49. The van der Waals surface area contributed by atoms with Crippen molar-refractivity contribution < 1.29 is 9.53 Å². The van der Waals surface area contributed by atoms with Crippen molar-refractivity contribution in [2.45, 2.75) is 19.8 Å². The number of benzene rings is 1. The first-order valence-corrected chi connectivity index (χ1v) is 10.2. The van der Waals surface area contributed by atoms with Gasteiger partial charge in [-0.3, -0.25) is 4.79 Å². The number of amides is 1. The fourth-order valence-electron chi connectivity index (χ4n) is 3.62. The molecule has 1 saturated heterocycles. The van der Waals surface area contributed by atoms with Gasteiger partial charge in [-0.05, 0) is 61.5 Å². The molecule has 1 aliphatic rings. The molecule has 1 amide bonds. The number of carbonyl (C=O) groups excluding carboxylic acids is 1. The van der Waals surface area contributed by atoms with Gasteiger partial charge in [0.05, 0.1) is 28.2 Å². The quantitative estimate of drug-likeness (QED) is 0.723. The van der Waals surface area contributed by atoms with Crippen molar-refractivity contribution in [1.29, 1.82) is 0 Å². The van der Waals surface area contributed by atoms with Crippen LogP contribution in [0, 0.1) is 5.92 Å². The lowest BCUT2D eigenvalue weighted by Gasteiger charge is -2.32. The van der Waals surface area contributed by atoms with Crippen LogP contribution in [0.25, 0.3) is 21.5 Å². The van der Waals surface area contributed by atoms with Crippen LogP contribution in [-0.4, -0.2) is 30.6 Å². The van der Waals surface area contributed by atoms with E-state index in [2.05, 4.69) is 34.5 Å². The van der Waals surface area contributed by atoms with Gasteiger partial charge in [-0.15, -0.1) is 11.3 Å². The summed E-state index contributed by atoms with van der Waals surface area (Å²) in [5.41, 5.74) is 9.72. The number of piperidine rings is 1. The molecule has 0 spiro atoms. The lowest BCUT2D eigenvalue weighted by atomic mass is 9.96. The predicted octanol–water partition coefficient (Wildman–Crippen LogP) is 4.06. The lowest BCUT2D eigenvalue weighted by Crippen LogP contribution is -2.38. The first-order valence-electron chi connectivity index (χ1n) is 9.31. The van der Waals surface area contributed by atoms with Gasteiger partial charge in [0.1, 0.15) is 5.75 Å². The lowest BCUT2D eigenvalue weighted by molar-refractivity contribution is -0.122. The molecule has 1 aromatic carbocycles. The van der Waals surface area contributed by atoms with E-state index in [0.717, 1.165) is 48.5 Å². The molecule has 3 aromatic rings. The summed E-state index contributed by atoms with van der Waals surface area (Å²) in [6, 6.07) is 12.3. The maximum Gasteiger partial charge on any atom is 0.220 e. The van der Waals surface area contributed by atoms with Crippen LogP contribution in [0.5, 0.6) is 5.75 Å². The Kier molecular flexibility index (Phi) is 4.99. The summed E-state index contributed by atoms with van der Waals surface area (Å²) in [7, 11) is 0. The molecule has 4 rings (SSSR count). The van der Waals surface area contributed by atoms with E-state index in [9.17, 15) is 4.79 Å². The van der Waals surface area contributed by atoms with Crippen molar-refractivity contribution in [2.75, 3.05) is 24.6 Å². The number of aromatic nitrogens is 1.